The summed E-state index contributed by atoms with van der Waals surface area (Å²) in [6.45, 7) is 2.95. The Balaban J connectivity index is 1.79. The summed E-state index contributed by atoms with van der Waals surface area (Å²) < 4.78 is 5.60. The average Bonchev–Trinajstić information content (AvgIpc) is 2.67. The van der Waals surface area contributed by atoms with E-state index in [0.717, 1.165) is 30.0 Å². The van der Waals surface area contributed by atoms with Gasteiger partial charge in [-0.3, -0.25) is 9.59 Å². The fourth-order valence-corrected chi connectivity index (χ4v) is 2.35. The number of anilines is 2. The van der Waals surface area contributed by atoms with E-state index in [4.69, 9.17) is 4.74 Å². The molecule has 0 unspecified atom stereocenters. The van der Waals surface area contributed by atoms with E-state index in [9.17, 15) is 9.59 Å². The van der Waals surface area contributed by atoms with Crippen molar-refractivity contribution in [2.24, 2.45) is 0 Å². The van der Waals surface area contributed by atoms with Crippen molar-refractivity contribution in [1.82, 2.24) is 4.90 Å². The van der Waals surface area contributed by atoms with Gasteiger partial charge in [0.25, 0.3) is 5.91 Å². The van der Waals surface area contributed by atoms with E-state index in [1.54, 1.807) is 38.4 Å². The molecule has 0 radical (unpaired) electrons. The molecule has 2 aromatic rings. The lowest BCUT2D eigenvalue weighted by molar-refractivity contribution is -0.114. The number of rotatable bonds is 9. The second kappa shape index (κ2) is 10.2. The van der Waals surface area contributed by atoms with E-state index < -0.39 is 0 Å². The summed E-state index contributed by atoms with van der Waals surface area (Å²) >= 11 is 0. The third-order valence-electron chi connectivity index (χ3n) is 3.90. The number of nitrogens with zero attached hydrogens (tertiary/aromatic N) is 1. The second-order valence-corrected chi connectivity index (χ2v) is 6.41. The summed E-state index contributed by atoms with van der Waals surface area (Å²) in [6.07, 6.45) is 2.12. The van der Waals surface area contributed by atoms with Crippen molar-refractivity contribution < 1.29 is 14.3 Å². The van der Waals surface area contributed by atoms with Crippen LogP contribution in [0.1, 0.15) is 30.1 Å². The highest BCUT2D eigenvalue weighted by Crippen LogP contribution is 2.16. The topological polar surface area (TPSA) is 70.7 Å². The Labute approximate surface area is 160 Å². The molecule has 6 nitrogen and oxygen atoms in total. The number of hydrogen-bond donors (Lipinski definition) is 2. The van der Waals surface area contributed by atoms with Crippen LogP contribution in [0.5, 0.6) is 5.75 Å². The van der Waals surface area contributed by atoms with Gasteiger partial charge in [-0.2, -0.15) is 0 Å². The Hall–Kier alpha value is -3.02. The van der Waals surface area contributed by atoms with Gasteiger partial charge >= 0.3 is 0 Å². The van der Waals surface area contributed by atoms with E-state index in [1.165, 1.54) is 4.90 Å². The Morgan fingerprint density at radius 3 is 2.19 bits per heavy atom. The molecule has 0 heterocycles. The first kappa shape index (κ1) is 20.3. The molecule has 2 amide bonds. The van der Waals surface area contributed by atoms with Crippen molar-refractivity contribution in [2.75, 3.05) is 37.9 Å². The van der Waals surface area contributed by atoms with Crippen LogP contribution in [0.15, 0.2) is 48.5 Å². The molecule has 2 rings (SSSR count). The number of benzene rings is 2. The first-order valence-corrected chi connectivity index (χ1v) is 9.08. The first-order valence-electron chi connectivity index (χ1n) is 9.08. The van der Waals surface area contributed by atoms with E-state index in [0.29, 0.717) is 12.2 Å². The summed E-state index contributed by atoms with van der Waals surface area (Å²) in [6, 6.07) is 14.4. The van der Waals surface area contributed by atoms with E-state index in [2.05, 4.69) is 17.6 Å². The predicted molar refractivity (Wildman–Crippen MR) is 108 cm³/mol. The van der Waals surface area contributed by atoms with Crippen LogP contribution in [0.3, 0.4) is 0 Å². The molecule has 144 valence electrons. The maximum atomic E-state index is 12.1. The Morgan fingerprint density at radius 1 is 0.963 bits per heavy atom. The molecule has 0 spiro atoms. The normalized spacial score (nSPS) is 10.2. The molecule has 2 aromatic carbocycles. The smallest absolute Gasteiger partial charge is 0.253 e. The molecule has 6 heteroatoms. The van der Waals surface area contributed by atoms with E-state index in [1.807, 2.05) is 24.3 Å². The van der Waals surface area contributed by atoms with Crippen LogP contribution in [0.4, 0.5) is 11.4 Å². The monoisotopic (exact) mass is 369 g/mol. The van der Waals surface area contributed by atoms with Crippen LogP contribution in [-0.2, 0) is 4.79 Å². The van der Waals surface area contributed by atoms with Crippen LogP contribution >= 0.6 is 0 Å². The number of unbranched alkanes of at least 4 members (excludes halogenated alkanes) is 1. The molecule has 2 N–H and O–H groups in total. The minimum Gasteiger partial charge on any atom is -0.494 e. The average molecular weight is 369 g/mol. The van der Waals surface area contributed by atoms with Crippen molar-refractivity contribution >= 4 is 23.2 Å². The molecular weight excluding hydrogens is 342 g/mol. The third-order valence-corrected chi connectivity index (χ3v) is 3.90. The minimum absolute atomic E-state index is 0.0542. The summed E-state index contributed by atoms with van der Waals surface area (Å²) in [5.41, 5.74) is 2.10. The zero-order valence-electron chi connectivity index (χ0n) is 16.1. The second-order valence-electron chi connectivity index (χ2n) is 6.41. The fraction of sp³-hybridized carbons (Fsp3) is 0.333. The molecule has 0 bridgehead atoms. The van der Waals surface area contributed by atoms with Gasteiger partial charge < -0.3 is 20.3 Å². The number of carbonyl (C=O) groups excluding carboxylic acids is 2. The van der Waals surface area contributed by atoms with Gasteiger partial charge in [-0.25, -0.2) is 0 Å². The summed E-state index contributed by atoms with van der Waals surface area (Å²) in [4.78, 5) is 25.5. The maximum absolute atomic E-state index is 12.1. The Bertz CT molecular complexity index is 740. The van der Waals surface area contributed by atoms with Gasteiger partial charge in [0.15, 0.2) is 0 Å². The molecule has 0 aromatic heterocycles. The minimum atomic E-state index is -0.150. The van der Waals surface area contributed by atoms with Crippen molar-refractivity contribution in [2.45, 2.75) is 19.8 Å². The SMILES string of the molecule is CCCCOc1ccc(NC(=O)CNc2ccc(C(=O)N(C)C)cc2)cc1. The zero-order chi connectivity index (χ0) is 19.6. The van der Waals surface area contributed by atoms with Crippen LogP contribution in [-0.4, -0.2) is 44.0 Å². The van der Waals surface area contributed by atoms with Gasteiger partial charge in [-0.05, 0) is 55.0 Å². The summed E-state index contributed by atoms with van der Waals surface area (Å²) in [5.74, 6) is 0.594. The maximum Gasteiger partial charge on any atom is 0.253 e. The quantitative estimate of drug-likeness (QED) is 0.663. The van der Waals surface area contributed by atoms with Crippen LogP contribution in [0.25, 0.3) is 0 Å². The van der Waals surface area contributed by atoms with Gasteiger partial charge in [-0.15, -0.1) is 0 Å². The van der Waals surface area contributed by atoms with Crippen molar-refractivity contribution in [3.8, 4) is 5.75 Å². The first-order chi connectivity index (χ1) is 13.0. The van der Waals surface area contributed by atoms with Gasteiger partial charge in [0.05, 0.1) is 13.2 Å². The van der Waals surface area contributed by atoms with Gasteiger partial charge in [0.1, 0.15) is 5.75 Å². The van der Waals surface area contributed by atoms with Crippen LogP contribution in [0, 0.1) is 0 Å². The predicted octanol–water partition coefficient (Wildman–Crippen LogP) is 3.62. The van der Waals surface area contributed by atoms with Gasteiger partial charge in [-0.1, -0.05) is 13.3 Å². The lowest BCUT2D eigenvalue weighted by atomic mass is 10.2. The number of ether oxygens (including phenoxy) is 1. The van der Waals surface area contributed by atoms with Crippen molar-refractivity contribution in [3.63, 3.8) is 0 Å². The van der Waals surface area contributed by atoms with Crippen LogP contribution < -0.4 is 15.4 Å². The number of amides is 2. The molecule has 0 fully saturated rings. The third kappa shape index (κ3) is 6.66. The highest BCUT2D eigenvalue weighted by Gasteiger charge is 2.08. The lowest BCUT2D eigenvalue weighted by Crippen LogP contribution is -2.22. The van der Waals surface area contributed by atoms with Gasteiger partial charge in [0.2, 0.25) is 5.91 Å². The van der Waals surface area contributed by atoms with E-state index in [-0.39, 0.29) is 18.4 Å². The molecule has 0 aliphatic carbocycles. The number of hydrogen-bond acceptors (Lipinski definition) is 4. The standard InChI is InChI=1S/C21H27N3O3/c1-4-5-14-27-19-12-10-18(11-13-19)23-20(25)15-22-17-8-6-16(7-9-17)21(26)24(2)3/h6-13,22H,4-5,14-15H2,1-3H3,(H,23,25). The van der Waals surface area contributed by atoms with Crippen molar-refractivity contribution in [1.29, 1.82) is 0 Å². The summed E-state index contributed by atoms with van der Waals surface area (Å²) in [5, 5.41) is 5.88. The van der Waals surface area contributed by atoms with Crippen LogP contribution in [0.2, 0.25) is 0 Å². The molecular formula is C21H27N3O3. The Kier molecular flexibility index (Phi) is 7.67. The molecule has 0 aliphatic rings. The van der Waals surface area contributed by atoms with Crippen molar-refractivity contribution in [3.05, 3.63) is 54.1 Å². The van der Waals surface area contributed by atoms with Gasteiger partial charge in [0, 0.05) is 31.0 Å². The summed E-state index contributed by atoms with van der Waals surface area (Å²) in [7, 11) is 3.42. The van der Waals surface area contributed by atoms with E-state index >= 15 is 0 Å². The largest absolute Gasteiger partial charge is 0.494 e. The molecule has 0 atom stereocenters. The number of nitrogens with one attached hydrogen (secondary N) is 2. The molecule has 0 aliphatic heterocycles. The highest BCUT2D eigenvalue weighted by molar-refractivity contribution is 5.95. The highest BCUT2D eigenvalue weighted by atomic mass is 16.5. The molecule has 0 saturated carbocycles. The number of carbonyl (C=O) groups is 2. The molecule has 0 saturated heterocycles. The Morgan fingerprint density at radius 2 is 1.59 bits per heavy atom. The lowest BCUT2D eigenvalue weighted by Gasteiger charge is -2.11. The molecule has 27 heavy (non-hydrogen) atoms. The zero-order valence-corrected chi connectivity index (χ0v) is 16.1. The fourth-order valence-electron chi connectivity index (χ4n) is 2.35.